The summed E-state index contributed by atoms with van der Waals surface area (Å²) in [6.07, 6.45) is 3.51. The van der Waals surface area contributed by atoms with E-state index in [2.05, 4.69) is 10.6 Å². The molecule has 1 unspecified atom stereocenters. The Labute approximate surface area is 155 Å². The third-order valence-electron chi connectivity index (χ3n) is 4.31. The van der Waals surface area contributed by atoms with E-state index in [1.165, 1.54) is 12.8 Å². The van der Waals surface area contributed by atoms with Gasteiger partial charge in [0.2, 0.25) is 0 Å². The minimum atomic E-state index is -0.0442. The number of ether oxygens (including phenoxy) is 1. The molecule has 0 aliphatic carbocycles. The normalized spacial score (nSPS) is 16.6. The molecule has 1 heterocycles. The maximum atomic E-state index is 12.3. The Morgan fingerprint density at radius 2 is 1.92 bits per heavy atom. The number of amides is 1. The van der Waals surface area contributed by atoms with Crippen molar-refractivity contribution in [3.8, 4) is 11.5 Å². The van der Waals surface area contributed by atoms with E-state index in [-0.39, 0.29) is 18.3 Å². The zero-order valence-electron chi connectivity index (χ0n) is 14.2. The Balaban J connectivity index is 0.00000225. The predicted molar refractivity (Wildman–Crippen MR) is 103 cm³/mol. The average Bonchev–Trinajstić information content (AvgIpc) is 2.64. The van der Waals surface area contributed by atoms with Crippen LogP contribution in [0.3, 0.4) is 0 Å². The van der Waals surface area contributed by atoms with Crippen LogP contribution >= 0.6 is 12.4 Å². The van der Waals surface area contributed by atoms with Crippen molar-refractivity contribution in [1.82, 2.24) is 10.6 Å². The van der Waals surface area contributed by atoms with Crippen LogP contribution in [0.4, 0.5) is 0 Å². The second-order valence-electron chi connectivity index (χ2n) is 6.20. The molecule has 0 saturated carbocycles. The molecule has 134 valence electrons. The Bertz CT molecular complexity index is 658. The molecule has 25 heavy (non-hydrogen) atoms. The van der Waals surface area contributed by atoms with E-state index in [4.69, 9.17) is 4.74 Å². The Hall–Kier alpha value is -2.04. The van der Waals surface area contributed by atoms with Crippen molar-refractivity contribution in [1.29, 1.82) is 0 Å². The summed E-state index contributed by atoms with van der Waals surface area (Å²) in [4.78, 5) is 12.3. The van der Waals surface area contributed by atoms with Gasteiger partial charge in [0, 0.05) is 12.1 Å². The topological polar surface area (TPSA) is 50.4 Å². The van der Waals surface area contributed by atoms with Gasteiger partial charge in [0.25, 0.3) is 5.91 Å². The van der Waals surface area contributed by atoms with Crippen molar-refractivity contribution >= 4 is 18.3 Å². The van der Waals surface area contributed by atoms with E-state index in [1.54, 1.807) is 6.07 Å². The summed E-state index contributed by atoms with van der Waals surface area (Å²) in [5.74, 6) is 2.06. The zero-order valence-corrected chi connectivity index (χ0v) is 15.1. The molecule has 1 aliphatic heterocycles. The van der Waals surface area contributed by atoms with Crippen LogP contribution in [-0.2, 0) is 0 Å². The molecule has 2 aromatic carbocycles. The van der Waals surface area contributed by atoms with E-state index in [1.807, 2.05) is 48.5 Å². The minimum absolute atomic E-state index is 0. The molecule has 1 saturated heterocycles. The van der Waals surface area contributed by atoms with E-state index in [0.717, 1.165) is 31.8 Å². The summed E-state index contributed by atoms with van der Waals surface area (Å²) in [7, 11) is 0. The maximum Gasteiger partial charge on any atom is 0.251 e. The molecule has 0 bridgehead atoms. The van der Waals surface area contributed by atoms with Crippen LogP contribution in [0, 0.1) is 5.92 Å². The highest BCUT2D eigenvalue weighted by Gasteiger charge is 2.13. The van der Waals surface area contributed by atoms with E-state index in [9.17, 15) is 4.79 Å². The second kappa shape index (κ2) is 10.1. The van der Waals surface area contributed by atoms with Crippen LogP contribution in [-0.4, -0.2) is 25.5 Å². The number of hydrogen-bond donors (Lipinski definition) is 2. The number of para-hydroxylation sites is 1. The molecular formula is C20H25ClN2O2. The molecule has 1 atom stereocenters. The lowest BCUT2D eigenvalue weighted by Gasteiger charge is -2.22. The number of benzene rings is 2. The van der Waals surface area contributed by atoms with Crippen LogP contribution in [0.2, 0.25) is 0 Å². The summed E-state index contributed by atoms with van der Waals surface area (Å²) in [5, 5.41) is 6.42. The predicted octanol–water partition coefficient (Wildman–Crippen LogP) is 4.02. The van der Waals surface area contributed by atoms with Crippen LogP contribution < -0.4 is 15.4 Å². The molecule has 0 aromatic heterocycles. The first kappa shape index (κ1) is 19.3. The van der Waals surface area contributed by atoms with Crippen molar-refractivity contribution in [2.45, 2.75) is 19.3 Å². The van der Waals surface area contributed by atoms with Crippen molar-refractivity contribution in [2.24, 2.45) is 5.92 Å². The van der Waals surface area contributed by atoms with E-state index in [0.29, 0.717) is 17.2 Å². The van der Waals surface area contributed by atoms with Gasteiger partial charge in [-0.25, -0.2) is 0 Å². The molecule has 0 spiro atoms. The number of nitrogens with one attached hydrogen (secondary N) is 2. The molecular weight excluding hydrogens is 336 g/mol. The number of piperidine rings is 1. The third kappa shape index (κ3) is 6.07. The Morgan fingerprint density at radius 3 is 2.68 bits per heavy atom. The molecule has 5 heteroatoms. The number of halogens is 1. The second-order valence-corrected chi connectivity index (χ2v) is 6.20. The van der Waals surface area contributed by atoms with E-state index >= 15 is 0 Å². The molecule has 4 nitrogen and oxygen atoms in total. The number of hydrogen-bond acceptors (Lipinski definition) is 3. The van der Waals surface area contributed by atoms with Crippen molar-refractivity contribution < 1.29 is 9.53 Å². The van der Waals surface area contributed by atoms with Gasteiger partial charge in [-0.3, -0.25) is 4.79 Å². The monoisotopic (exact) mass is 360 g/mol. The largest absolute Gasteiger partial charge is 0.457 e. The summed E-state index contributed by atoms with van der Waals surface area (Å²) < 4.78 is 5.78. The maximum absolute atomic E-state index is 12.3. The fourth-order valence-corrected chi connectivity index (χ4v) is 2.99. The lowest BCUT2D eigenvalue weighted by atomic mass is 9.96. The summed E-state index contributed by atoms with van der Waals surface area (Å²) in [5.41, 5.74) is 0.630. The Kier molecular flexibility index (Phi) is 7.76. The van der Waals surface area contributed by atoms with Crippen molar-refractivity contribution in [3.63, 3.8) is 0 Å². The van der Waals surface area contributed by atoms with Gasteiger partial charge in [-0.15, -0.1) is 12.4 Å². The highest BCUT2D eigenvalue weighted by Crippen LogP contribution is 2.21. The highest BCUT2D eigenvalue weighted by atomic mass is 35.5. The van der Waals surface area contributed by atoms with Crippen LogP contribution in [0.1, 0.15) is 29.6 Å². The van der Waals surface area contributed by atoms with Crippen molar-refractivity contribution in [2.75, 3.05) is 19.6 Å². The standard InChI is InChI=1S/C20H24N2O2.ClH/c23-20(22-13-11-16-6-5-12-21-15-16)17-7-4-10-19(14-17)24-18-8-2-1-3-9-18;/h1-4,7-10,14,16,21H,5-6,11-13,15H2,(H,22,23);1H. The molecule has 1 fully saturated rings. The van der Waals surface area contributed by atoms with Gasteiger partial charge in [0.05, 0.1) is 0 Å². The quantitative estimate of drug-likeness (QED) is 0.818. The lowest BCUT2D eigenvalue weighted by molar-refractivity contribution is 0.0950. The lowest BCUT2D eigenvalue weighted by Crippen LogP contribution is -2.33. The first-order valence-electron chi connectivity index (χ1n) is 8.63. The SMILES string of the molecule is Cl.O=C(NCCC1CCCNC1)c1cccc(Oc2ccccc2)c1. The van der Waals surface area contributed by atoms with Gasteiger partial charge in [-0.2, -0.15) is 0 Å². The summed E-state index contributed by atoms with van der Waals surface area (Å²) in [6.45, 7) is 2.91. The Morgan fingerprint density at radius 1 is 1.12 bits per heavy atom. The van der Waals surface area contributed by atoms with Crippen LogP contribution in [0.15, 0.2) is 54.6 Å². The average molecular weight is 361 g/mol. The van der Waals surface area contributed by atoms with Gasteiger partial charge >= 0.3 is 0 Å². The van der Waals surface area contributed by atoms with Gasteiger partial charge < -0.3 is 15.4 Å². The molecule has 2 N–H and O–H groups in total. The van der Waals surface area contributed by atoms with Gasteiger partial charge in [0.15, 0.2) is 0 Å². The molecule has 0 radical (unpaired) electrons. The summed E-state index contributed by atoms with van der Waals surface area (Å²) >= 11 is 0. The first-order valence-corrected chi connectivity index (χ1v) is 8.63. The fourth-order valence-electron chi connectivity index (χ4n) is 2.99. The molecule has 1 amide bonds. The zero-order chi connectivity index (χ0) is 16.6. The fraction of sp³-hybridized carbons (Fsp3) is 0.350. The number of carbonyl (C=O) groups excluding carboxylic acids is 1. The van der Waals surface area contributed by atoms with Crippen molar-refractivity contribution in [3.05, 3.63) is 60.2 Å². The van der Waals surface area contributed by atoms with Gasteiger partial charge in [0.1, 0.15) is 11.5 Å². The molecule has 2 aromatic rings. The smallest absolute Gasteiger partial charge is 0.251 e. The number of rotatable bonds is 6. The molecule has 3 rings (SSSR count). The van der Waals surface area contributed by atoms with E-state index < -0.39 is 0 Å². The highest BCUT2D eigenvalue weighted by molar-refractivity contribution is 5.94. The van der Waals surface area contributed by atoms with Crippen LogP contribution in [0.5, 0.6) is 11.5 Å². The minimum Gasteiger partial charge on any atom is -0.457 e. The summed E-state index contributed by atoms with van der Waals surface area (Å²) in [6, 6.07) is 16.9. The molecule has 1 aliphatic rings. The third-order valence-corrected chi connectivity index (χ3v) is 4.31. The number of carbonyl (C=O) groups is 1. The van der Waals surface area contributed by atoms with Gasteiger partial charge in [-0.05, 0) is 68.6 Å². The van der Waals surface area contributed by atoms with Gasteiger partial charge in [-0.1, -0.05) is 24.3 Å². The first-order chi connectivity index (χ1) is 11.8. The van der Waals surface area contributed by atoms with Crippen LogP contribution in [0.25, 0.3) is 0 Å².